The van der Waals surface area contributed by atoms with Gasteiger partial charge in [0.05, 0.1) is 6.10 Å². The van der Waals surface area contributed by atoms with Crippen molar-refractivity contribution in [3.8, 4) is 5.75 Å². The summed E-state index contributed by atoms with van der Waals surface area (Å²) in [6.45, 7) is 0.727. The van der Waals surface area contributed by atoms with Crippen molar-refractivity contribution < 1.29 is 9.84 Å². The zero-order valence-corrected chi connectivity index (χ0v) is 10.1. The molecule has 0 radical (unpaired) electrons. The van der Waals surface area contributed by atoms with Gasteiger partial charge in [-0.25, -0.2) is 0 Å². The van der Waals surface area contributed by atoms with E-state index >= 15 is 0 Å². The van der Waals surface area contributed by atoms with Crippen LogP contribution in [0, 0.1) is 0 Å². The number of nitrogens with two attached hydrogens (primary N) is 1. The molecule has 3 N–H and O–H groups in total. The average Bonchev–Trinajstić information content (AvgIpc) is 2.45. The topological polar surface area (TPSA) is 55.5 Å². The van der Waals surface area contributed by atoms with E-state index in [1.807, 2.05) is 54.6 Å². The summed E-state index contributed by atoms with van der Waals surface area (Å²) in [7, 11) is 0. The molecule has 0 heterocycles. The van der Waals surface area contributed by atoms with Gasteiger partial charge in [0.25, 0.3) is 0 Å². The zero-order valence-electron chi connectivity index (χ0n) is 10.1. The van der Waals surface area contributed by atoms with Gasteiger partial charge in [-0.2, -0.15) is 0 Å². The second kappa shape index (κ2) is 6.19. The molecule has 0 aliphatic heterocycles. The lowest BCUT2D eigenvalue weighted by atomic mass is 10.1. The molecule has 1 unspecified atom stereocenters. The Morgan fingerprint density at radius 2 is 1.83 bits per heavy atom. The molecule has 2 aromatic carbocycles. The molecule has 3 heteroatoms. The Labute approximate surface area is 107 Å². The molecule has 2 aromatic rings. The molecular weight excluding hydrogens is 226 g/mol. The van der Waals surface area contributed by atoms with Crippen molar-refractivity contribution in [1.82, 2.24) is 0 Å². The number of aliphatic hydroxyl groups excluding tert-OH is 1. The third kappa shape index (κ3) is 3.32. The van der Waals surface area contributed by atoms with Crippen molar-refractivity contribution in [2.75, 3.05) is 6.54 Å². The molecule has 1 atom stereocenters. The molecule has 0 saturated heterocycles. The molecule has 0 fully saturated rings. The van der Waals surface area contributed by atoms with E-state index in [0.29, 0.717) is 6.61 Å². The fraction of sp³-hybridized carbons (Fsp3) is 0.200. The predicted octanol–water partition coefficient (Wildman–Crippen LogP) is 2.26. The van der Waals surface area contributed by atoms with E-state index in [9.17, 15) is 5.11 Å². The largest absolute Gasteiger partial charge is 0.489 e. The van der Waals surface area contributed by atoms with Gasteiger partial charge in [0.2, 0.25) is 0 Å². The molecule has 18 heavy (non-hydrogen) atoms. The monoisotopic (exact) mass is 243 g/mol. The smallest absolute Gasteiger partial charge is 0.120 e. The SMILES string of the molecule is NCC(O)c1cccc(OCc2ccccc2)c1. The molecule has 3 nitrogen and oxygen atoms in total. The van der Waals surface area contributed by atoms with Gasteiger partial charge in [-0.05, 0) is 23.3 Å². The number of hydrogen-bond donors (Lipinski definition) is 2. The maximum atomic E-state index is 9.66. The molecule has 0 spiro atoms. The Bertz CT molecular complexity index is 485. The number of benzene rings is 2. The summed E-state index contributed by atoms with van der Waals surface area (Å²) < 4.78 is 5.68. The minimum atomic E-state index is -0.634. The van der Waals surface area contributed by atoms with Crippen molar-refractivity contribution in [3.05, 3.63) is 65.7 Å². The van der Waals surface area contributed by atoms with Gasteiger partial charge >= 0.3 is 0 Å². The summed E-state index contributed by atoms with van der Waals surface area (Å²) >= 11 is 0. The Morgan fingerprint density at radius 1 is 1.06 bits per heavy atom. The third-order valence-corrected chi connectivity index (χ3v) is 2.71. The molecule has 0 aliphatic rings. The van der Waals surface area contributed by atoms with Crippen LogP contribution in [0.4, 0.5) is 0 Å². The number of ether oxygens (including phenoxy) is 1. The Hall–Kier alpha value is -1.84. The number of rotatable bonds is 5. The minimum absolute atomic E-state index is 0.210. The lowest BCUT2D eigenvalue weighted by Gasteiger charge is -2.11. The highest BCUT2D eigenvalue weighted by molar-refractivity contribution is 5.30. The Morgan fingerprint density at radius 3 is 2.56 bits per heavy atom. The maximum Gasteiger partial charge on any atom is 0.120 e. The first kappa shape index (κ1) is 12.6. The average molecular weight is 243 g/mol. The molecular formula is C15H17NO2. The van der Waals surface area contributed by atoms with Crippen LogP contribution in [0.2, 0.25) is 0 Å². The van der Waals surface area contributed by atoms with E-state index in [1.54, 1.807) is 0 Å². The quantitative estimate of drug-likeness (QED) is 0.847. The van der Waals surface area contributed by atoms with E-state index in [-0.39, 0.29) is 6.54 Å². The van der Waals surface area contributed by atoms with Crippen LogP contribution >= 0.6 is 0 Å². The van der Waals surface area contributed by atoms with E-state index < -0.39 is 6.10 Å². The van der Waals surface area contributed by atoms with Crippen LogP contribution in [-0.2, 0) is 6.61 Å². The fourth-order valence-corrected chi connectivity index (χ4v) is 1.69. The van der Waals surface area contributed by atoms with Gasteiger partial charge in [0.1, 0.15) is 12.4 Å². The number of hydrogen-bond acceptors (Lipinski definition) is 3. The zero-order chi connectivity index (χ0) is 12.8. The van der Waals surface area contributed by atoms with E-state index in [1.165, 1.54) is 0 Å². The van der Waals surface area contributed by atoms with Crippen LogP contribution in [0.25, 0.3) is 0 Å². The second-order valence-electron chi connectivity index (χ2n) is 4.10. The van der Waals surface area contributed by atoms with Gasteiger partial charge < -0.3 is 15.6 Å². The highest BCUT2D eigenvalue weighted by atomic mass is 16.5. The third-order valence-electron chi connectivity index (χ3n) is 2.71. The lowest BCUT2D eigenvalue weighted by Crippen LogP contribution is -2.11. The second-order valence-corrected chi connectivity index (χ2v) is 4.10. The van der Waals surface area contributed by atoms with Crippen molar-refractivity contribution in [2.45, 2.75) is 12.7 Å². The molecule has 0 aromatic heterocycles. The predicted molar refractivity (Wildman–Crippen MR) is 71.2 cm³/mol. The Kier molecular flexibility index (Phi) is 4.34. The molecule has 0 amide bonds. The summed E-state index contributed by atoms with van der Waals surface area (Å²) in [5.74, 6) is 0.740. The van der Waals surface area contributed by atoms with Crippen LogP contribution in [-0.4, -0.2) is 11.7 Å². The highest BCUT2D eigenvalue weighted by Crippen LogP contribution is 2.19. The highest BCUT2D eigenvalue weighted by Gasteiger charge is 2.05. The van der Waals surface area contributed by atoms with Gasteiger partial charge in [0, 0.05) is 6.54 Å². The standard InChI is InChI=1S/C15H17NO2/c16-10-15(17)13-7-4-8-14(9-13)18-11-12-5-2-1-3-6-12/h1-9,15,17H,10-11,16H2. The Balaban J connectivity index is 2.01. The summed E-state index contributed by atoms with van der Waals surface area (Å²) in [4.78, 5) is 0. The van der Waals surface area contributed by atoms with Crippen LogP contribution in [0.5, 0.6) is 5.75 Å². The first-order valence-corrected chi connectivity index (χ1v) is 5.94. The lowest BCUT2D eigenvalue weighted by molar-refractivity contribution is 0.186. The minimum Gasteiger partial charge on any atom is -0.489 e. The van der Waals surface area contributed by atoms with Crippen molar-refractivity contribution in [1.29, 1.82) is 0 Å². The van der Waals surface area contributed by atoms with E-state index in [0.717, 1.165) is 16.9 Å². The molecule has 0 bridgehead atoms. The van der Waals surface area contributed by atoms with Gasteiger partial charge in [-0.15, -0.1) is 0 Å². The number of aliphatic hydroxyl groups is 1. The van der Waals surface area contributed by atoms with Gasteiger partial charge in [0.15, 0.2) is 0 Å². The van der Waals surface area contributed by atoms with Crippen LogP contribution < -0.4 is 10.5 Å². The summed E-state index contributed by atoms with van der Waals surface area (Å²) in [5.41, 5.74) is 7.32. The van der Waals surface area contributed by atoms with Crippen molar-refractivity contribution in [2.24, 2.45) is 5.73 Å². The molecule has 0 saturated carbocycles. The summed E-state index contributed by atoms with van der Waals surface area (Å²) in [6.07, 6.45) is -0.634. The van der Waals surface area contributed by atoms with Crippen molar-refractivity contribution in [3.63, 3.8) is 0 Å². The molecule has 0 aliphatic carbocycles. The first-order valence-electron chi connectivity index (χ1n) is 5.94. The van der Waals surface area contributed by atoms with E-state index in [4.69, 9.17) is 10.5 Å². The first-order chi connectivity index (χ1) is 8.79. The van der Waals surface area contributed by atoms with Crippen LogP contribution in [0.3, 0.4) is 0 Å². The molecule has 94 valence electrons. The van der Waals surface area contributed by atoms with Gasteiger partial charge in [-0.1, -0.05) is 42.5 Å². The molecule has 2 rings (SSSR count). The van der Waals surface area contributed by atoms with Crippen molar-refractivity contribution >= 4 is 0 Å². The van der Waals surface area contributed by atoms with Crippen LogP contribution in [0.15, 0.2) is 54.6 Å². The summed E-state index contributed by atoms with van der Waals surface area (Å²) in [6, 6.07) is 17.3. The fourth-order valence-electron chi connectivity index (χ4n) is 1.69. The van der Waals surface area contributed by atoms with E-state index in [2.05, 4.69) is 0 Å². The van der Waals surface area contributed by atoms with Gasteiger partial charge in [-0.3, -0.25) is 0 Å². The maximum absolute atomic E-state index is 9.66. The summed E-state index contributed by atoms with van der Waals surface area (Å²) in [5, 5.41) is 9.66. The van der Waals surface area contributed by atoms with Crippen LogP contribution in [0.1, 0.15) is 17.2 Å². The normalized spacial score (nSPS) is 12.1.